The summed E-state index contributed by atoms with van der Waals surface area (Å²) in [5, 5.41) is 0. The molecule has 1 heterocycles. The average molecular weight is 117 g/mol. The molecule has 1 aromatic heterocycles. The molecule has 2 radical (unpaired) electrons. The Morgan fingerprint density at radius 2 is 2.33 bits per heavy atom. The molecular weight excluding hydrogens is 109 g/mol. The van der Waals surface area contributed by atoms with Crippen LogP contribution in [0, 0.1) is 6.92 Å². The summed E-state index contributed by atoms with van der Waals surface area (Å²) < 4.78 is 0. The molecule has 2 heteroatoms. The van der Waals surface area contributed by atoms with Gasteiger partial charge < -0.3 is 0 Å². The molecule has 0 saturated carbocycles. The van der Waals surface area contributed by atoms with Crippen LogP contribution in [0.4, 0.5) is 0 Å². The third kappa shape index (κ3) is 1.56. The third-order valence-electron chi connectivity index (χ3n) is 1.21. The number of hydrogen-bond acceptors (Lipinski definition) is 1. The lowest BCUT2D eigenvalue weighted by atomic mass is 9.98. The van der Waals surface area contributed by atoms with E-state index in [1.165, 1.54) is 0 Å². The summed E-state index contributed by atoms with van der Waals surface area (Å²) in [6, 6.07) is 3.95. The van der Waals surface area contributed by atoms with Crippen LogP contribution in [-0.4, -0.2) is 12.8 Å². The van der Waals surface area contributed by atoms with Crippen LogP contribution in [0.15, 0.2) is 18.3 Å². The summed E-state index contributed by atoms with van der Waals surface area (Å²) in [4.78, 5) is 4.07. The van der Waals surface area contributed by atoms with E-state index >= 15 is 0 Å². The van der Waals surface area contributed by atoms with Crippen LogP contribution in [0.2, 0.25) is 0 Å². The van der Waals surface area contributed by atoms with Crippen molar-refractivity contribution >= 4 is 7.85 Å². The highest BCUT2D eigenvalue weighted by Gasteiger charge is 1.85. The normalized spacial score (nSPS) is 9.44. The highest BCUT2D eigenvalue weighted by atomic mass is 14.6. The summed E-state index contributed by atoms with van der Waals surface area (Å²) in [6.45, 7) is 1.96. The van der Waals surface area contributed by atoms with E-state index in [9.17, 15) is 0 Å². The summed E-state index contributed by atoms with van der Waals surface area (Å²) in [6.07, 6.45) is 2.38. The Bertz CT molecular complexity index is 181. The first-order valence-corrected chi connectivity index (χ1v) is 2.94. The SMILES string of the molecule is [B]Cc1ccc(C)nc1. The molecule has 0 bridgehead atoms. The Morgan fingerprint density at radius 3 is 2.78 bits per heavy atom. The molecule has 0 aliphatic rings. The predicted octanol–water partition coefficient (Wildman–Crippen LogP) is 1.06. The third-order valence-corrected chi connectivity index (χ3v) is 1.21. The van der Waals surface area contributed by atoms with Crippen LogP contribution in [0.3, 0.4) is 0 Å². The highest BCUT2D eigenvalue weighted by molar-refractivity contribution is 6.08. The zero-order valence-electron chi connectivity index (χ0n) is 5.46. The van der Waals surface area contributed by atoms with Gasteiger partial charge in [-0.05, 0) is 18.6 Å². The first-order valence-electron chi connectivity index (χ1n) is 2.94. The Morgan fingerprint density at radius 1 is 1.56 bits per heavy atom. The van der Waals surface area contributed by atoms with E-state index in [0.29, 0.717) is 6.32 Å². The second-order valence-corrected chi connectivity index (χ2v) is 2.01. The molecule has 9 heavy (non-hydrogen) atoms. The average Bonchev–Trinajstić information content (AvgIpc) is 1.90. The predicted molar refractivity (Wildman–Crippen MR) is 38.4 cm³/mol. The minimum Gasteiger partial charge on any atom is -0.261 e. The van der Waals surface area contributed by atoms with Gasteiger partial charge in [-0.2, -0.15) is 0 Å². The smallest absolute Gasteiger partial charge is 0.0717 e. The van der Waals surface area contributed by atoms with Crippen LogP contribution >= 0.6 is 0 Å². The maximum Gasteiger partial charge on any atom is 0.0717 e. The van der Waals surface area contributed by atoms with Gasteiger partial charge in [-0.3, -0.25) is 4.98 Å². The van der Waals surface area contributed by atoms with E-state index < -0.39 is 0 Å². The van der Waals surface area contributed by atoms with E-state index in [4.69, 9.17) is 7.85 Å². The van der Waals surface area contributed by atoms with E-state index in [2.05, 4.69) is 4.98 Å². The van der Waals surface area contributed by atoms with Gasteiger partial charge in [0.25, 0.3) is 0 Å². The maximum atomic E-state index is 5.36. The number of nitrogens with zero attached hydrogens (tertiary/aromatic N) is 1. The first kappa shape index (κ1) is 6.34. The highest BCUT2D eigenvalue weighted by Crippen LogP contribution is 1.96. The van der Waals surface area contributed by atoms with Crippen molar-refractivity contribution in [3.05, 3.63) is 29.6 Å². The number of hydrogen-bond donors (Lipinski definition) is 0. The Hall–Kier alpha value is -0.785. The quantitative estimate of drug-likeness (QED) is 0.501. The van der Waals surface area contributed by atoms with Gasteiger partial charge in [0.15, 0.2) is 0 Å². The number of aromatic nitrogens is 1. The summed E-state index contributed by atoms with van der Waals surface area (Å²) in [7, 11) is 5.36. The molecule has 0 aliphatic carbocycles. The molecule has 0 aliphatic heterocycles. The molecule has 0 aromatic carbocycles. The van der Waals surface area contributed by atoms with Crippen molar-refractivity contribution in [3.63, 3.8) is 0 Å². The van der Waals surface area contributed by atoms with Crippen molar-refractivity contribution in [3.8, 4) is 0 Å². The fourth-order valence-corrected chi connectivity index (χ4v) is 0.619. The van der Waals surface area contributed by atoms with E-state index in [-0.39, 0.29) is 0 Å². The fraction of sp³-hybridized carbons (Fsp3) is 0.286. The summed E-state index contributed by atoms with van der Waals surface area (Å²) in [5.41, 5.74) is 2.12. The van der Waals surface area contributed by atoms with Gasteiger partial charge in [0.2, 0.25) is 0 Å². The monoisotopic (exact) mass is 117 g/mol. The van der Waals surface area contributed by atoms with E-state index in [0.717, 1.165) is 11.3 Å². The van der Waals surface area contributed by atoms with E-state index in [1.807, 2.05) is 19.1 Å². The standard InChI is InChI=1S/C7H8BN/c1-6-2-3-7(4-8)5-9-6/h2-3,5H,4H2,1H3. The van der Waals surface area contributed by atoms with Gasteiger partial charge in [-0.1, -0.05) is 12.4 Å². The van der Waals surface area contributed by atoms with Crippen LogP contribution < -0.4 is 0 Å². The number of rotatable bonds is 1. The molecule has 0 spiro atoms. The number of pyridine rings is 1. The molecule has 1 rings (SSSR count). The van der Waals surface area contributed by atoms with E-state index in [1.54, 1.807) is 6.20 Å². The molecule has 1 nitrogen and oxygen atoms in total. The zero-order chi connectivity index (χ0) is 6.69. The molecule has 0 saturated heterocycles. The van der Waals surface area contributed by atoms with Crippen molar-refractivity contribution in [1.82, 2.24) is 4.98 Å². The molecule has 0 N–H and O–H groups in total. The molecule has 0 amide bonds. The molecular formula is C7H8BN. The fourth-order valence-electron chi connectivity index (χ4n) is 0.619. The van der Waals surface area contributed by atoms with Crippen molar-refractivity contribution in [2.45, 2.75) is 13.2 Å². The lowest BCUT2D eigenvalue weighted by molar-refractivity contribution is 1.16. The van der Waals surface area contributed by atoms with Crippen LogP contribution in [-0.2, 0) is 6.32 Å². The lowest BCUT2D eigenvalue weighted by Gasteiger charge is -1.93. The van der Waals surface area contributed by atoms with Crippen LogP contribution in [0.1, 0.15) is 11.3 Å². The van der Waals surface area contributed by atoms with Crippen molar-refractivity contribution in [2.75, 3.05) is 0 Å². The zero-order valence-corrected chi connectivity index (χ0v) is 5.46. The summed E-state index contributed by atoms with van der Waals surface area (Å²) >= 11 is 0. The lowest BCUT2D eigenvalue weighted by Crippen LogP contribution is -1.85. The summed E-state index contributed by atoms with van der Waals surface area (Å²) in [5.74, 6) is 0. The van der Waals surface area contributed by atoms with Gasteiger partial charge in [-0.25, -0.2) is 0 Å². The largest absolute Gasteiger partial charge is 0.261 e. The second-order valence-electron chi connectivity index (χ2n) is 2.01. The Kier molecular flexibility index (Phi) is 1.88. The molecule has 0 fully saturated rings. The number of aryl methyl sites for hydroxylation is 1. The minimum atomic E-state index is 0.577. The van der Waals surface area contributed by atoms with Crippen molar-refractivity contribution in [2.24, 2.45) is 0 Å². The van der Waals surface area contributed by atoms with Gasteiger partial charge in [0, 0.05) is 11.9 Å². The second kappa shape index (κ2) is 2.67. The van der Waals surface area contributed by atoms with Crippen LogP contribution in [0.25, 0.3) is 0 Å². The Labute approximate surface area is 56.5 Å². The first-order chi connectivity index (χ1) is 4.33. The molecule has 0 atom stereocenters. The Balaban J connectivity index is 2.88. The van der Waals surface area contributed by atoms with Gasteiger partial charge in [0.1, 0.15) is 0 Å². The molecule has 1 aromatic rings. The van der Waals surface area contributed by atoms with Gasteiger partial charge >= 0.3 is 0 Å². The van der Waals surface area contributed by atoms with Gasteiger partial charge in [-0.15, -0.1) is 0 Å². The van der Waals surface area contributed by atoms with Crippen molar-refractivity contribution in [1.29, 1.82) is 0 Å². The van der Waals surface area contributed by atoms with Crippen molar-refractivity contribution < 1.29 is 0 Å². The minimum absolute atomic E-state index is 0.577. The molecule has 44 valence electrons. The molecule has 0 unspecified atom stereocenters. The topological polar surface area (TPSA) is 12.9 Å². The van der Waals surface area contributed by atoms with Gasteiger partial charge in [0.05, 0.1) is 7.85 Å². The van der Waals surface area contributed by atoms with Crippen LogP contribution in [0.5, 0.6) is 0 Å². The maximum absolute atomic E-state index is 5.36.